The molecule has 3 unspecified atom stereocenters. The van der Waals surface area contributed by atoms with Crippen molar-refractivity contribution >= 4 is 33.4 Å². The first-order valence-electron chi connectivity index (χ1n) is 25.1. The van der Waals surface area contributed by atoms with Crippen LogP contribution in [0.25, 0.3) is 0 Å². The molecule has 0 aromatic carbocycles. The van der Waals surface area contributed by atoms with E-state index in [1.54, 1.807) is 24.3 Å². The number of phosphoric acid groups is 2. The number of nitrogens with zero attached hydrogens (tertiary/aromatic N) is 2. The van der Waals surface area contributed by atoms with Gasteiger partial charge in [0.05, 0.1) is 19.3 Å². The van der Waals surface area contributed by atoms with Crippen molar-refractivity contribution in [3.8, 4) is 0 Å². The highest BCUT2D eigenvalue weighted by molar-refractivity contribution is 7.61. The average molecular weight is 1040 g/mol. The van der Waals surface area contributed by atoms with E-state index in [4.69, 9.17) is 29.0 Å². The number of nitrogens with two attached hydrogens (primary N) is 1. The van der Waals surface area contributed by atoms with Crippen LogP contribution < -0.4 is 11.4 Å². The van der Waals surface area contributed by atoms with E-state index in [0.29, 0.717) is 25.7 Å². The van der Waals surface area contributed by atoms with Crippen LogP contribution in [0.3, 0.4) is 0 Å². The number of aliphatic hydroxyl groups is 3. The van der Waals surface area contributed by atoms with Crippen LogP contribution in [0, 0.1) is 0 Å². The Balaban J connectivity index is 1.87. The Hall–Kier alpha value is -3.84. The molecule has 0 aliphatic carbocycles. The molecule has 8 atom stereocenters. The van der Waals surface area contributed by atoms with Crippen molar-refractivity contribution in [1.29, 1.82) is 0 Å². The van der Waals surface area contributed by atoms with Gasteiger partial charge in [-0.2, -0.15) is 9.29 Å². The fourth-order valence-electron chi connectivity index (χ4n) is 6.89. The van der Waals surface area contributed by atoms with Crippen LogP contribution in [-0.2, 0) is 46.3 Å². The lowest BCUT2D eigenvalue weighted by molar-refractivity contribution is -0.161. The summed E-state index contributed by atoms with van der Waals surface area (Å²) in [5.41, 5.74) is 4.57. The van der Waals surface area contributed by atoms with Crippen molar-refractivity contribution in [2.45, 2.75) is 185 Å². The first kappa shape index (κ1) is 63.3. The number of allylic oxidation sites excluding steroid dienone is 10. The molecule has 1 aromatic rings. The molecule has 1 aromatic heterocycles. The number of aliphatic hydroxyl groups excluding tert-OH is 3. The topological polar surface area (TPSA) is 286 Å². The number of hydrogen-bond acceptors (Lipinski definition) is 16. The minimum atomic E-state index is -5.46. The van der Waals surface area contributed by atoms with Gasteiger partial charge in [-0.25, -0.2) is 13.9 Å². The van der Waals surface area contributed by atoms with E-state index in [0.717, 1.165) is 68.6 Å². The SMILES string of the molecule is CCCCC/C=C\C/C=C\CCCCCCCC(=O)OC[C@H](COP(=O)(O)OP(=O)(O)OC[C@H]1O[C@@H](n2ccc(N)nc2=O)[C@H](O)[C@@H]1O)OC(=O)CCC/C=C/C=C\C(O)C/C=C\C/C=C\CCCCC. The smallest absolute Gasteiger partial charge is 0.462 e. The Kier molecular flexibility index (Phi) is 33.7. The molecule has 0 bridgehead atoms. The third-order valence-corrected chi connectivity index (χ3v) is 13.4. The van der Waals surface area contributed by atoms with Gasteiger partial charge >= 0.3 is 33.3 Å². The van der Waals surface area contributed by atoms with Crippen molar-refractivity contribution in [1.82, 2.24) is 9.55 Å². The fourth-order valence-corrected chi connectivity index (χ4v) is 9.00. The van der Waals surface area contributed by atoms with E-state index in [9.17, 15) is 48.6 Å². The summed E-state index contributed by atoms with van der Waals surface area (Å²) in [7, 11) is -10.9. The van der Waals surface area contributed by atoms with E-state index >= 15 is 0 Å². The zero-order valence-electron chi connectivity index (χ0n) is 41.6. The molecule has 2 heterocycles. The highest BCUT2D eigenvalue weighted by atomic mass is 31.3. The minimum Gasteiger partial charge on any atom is -0.462 e. The Labute approximate surface area is 419 Å². The van der Waals surface area contributed by atoms with E-state index < -0.39 is 89.8 Å². The molecule has 7 N–H and O–H groups in total. The lowest BCUT2D eigenvalue weighted by atomic mass is 10.1. The third kappa shape index (κ3) is 30.7. The predicted octanol–water partition coefficient (Wildman–Crippen LogP) is 9.08. The maximum Gasteiger partial charge on any atom is 0.481 e. The summed E-state index contributed by atoms with van der Waals surface area (Å²) in [4.78, 5) is 61.8. The third-order valence-electron chi connectivity index (χ3n) is 10.8. The number of anilines is 1. The summed E-state index contributed by atoms with van der Waals surface area (Å²) in [6.07, 6.45) is 34.4. The van der Waals surface area contributed by atoms with Gasteiger partial charge in [0.1, 0.15) is 30.7 Å². The van der Waals surface area contributed by atoms with Crippen molar-refractivity contribution in [2.24, 2.45) is 0 Å². The molecular formula is C50H81N3O16P2. The van der Waals surface area contributed by atoms with Crippen LogP contribution >= 0.6 is 15.6 Å². The molecule has 21 heteroatoms. The summed E-state index contributed by atoms with van der Waals surface area (Å²) in [6.45, 7) is 1.93. The highest BCUT2D eigenvalue weighted by Crippen LogP contribution is 2.60. The van der Waals surface area contributed by atoms with Gasteiger partial charge in [0, 0.05) is 19.0 Å². The van der Waals surface area contributed by atoms with Gasteiger partial charge in [-0.15, -0.1) is 0 Å². The molecule has 1 fully saturated rings. The largest absolute Gasteiger partial charge is 0.481 e. The van der Waals surface area contributed by atoms with Crippen LogP contribution in [0.5, 0.6) is 0 Å². The number of esters is 2. The molecule has 0 spiro atoms. The van der Waals surface area contributed by atoms with E-state index in [-0.39, 0.29) is 18.7 Å². The summed E-state index contributed by atoms with van der Waals surface area (Å²) in [6, 6.07) is 1.24. The lowest BCUT2D eigenvalue weighted by Gasteiger charge is -2.21. The number of nitrogen functional groups attached to an aromatic ring is 1. The van der Waals surface area contributed by atoms with Crippen LogP contribution in [0.1, 0.15) is 155 Å². The normalized spacial score (nSPS) is 20.2. The zero-order valence-corrected chi connectivity index (χ0v) is 43.4. The van der Waals surface area contributed by atoms with Gasteiger partial charge < -0.3 is 45.1 Å². The molecule has 1 aliphatic heterocycles. The van der Waals surface area contributed by atoms with Gasteiger partial charge in [-0.1, -0.05) is 132 Å². The highest BCUT2D eigenvalue weighted by Gasteiger charge is 2.46. The minimum absolute atomic E-state index is 0.0782. The molecule has 1 saturated heterocycles. The fraction of sp³-hybridized carbons (Fsp3) is 0.640. The van der Waals surface area contributed by atoms with Gasteiger partial charge in [-0.05, 0) is 83.1 Å². The standard InChI is InChI=1S/C50H81N3O16P2/c1-3-5-7-9-11-13-14-15-16-17-18-20-22-26-30-34-45(55)64-38-42(67-46(56)35-31-27-23-25-29-33-41(54)32-28-24-21-19-12-10-8-6-4-2)39-65-70(60,61)69-71(62,63)66-40-43-47(57)48(58)49(68-43)53-37-36-44(51)52-50(53)59/h11-13,15-16,19,23-25,28-29,33,36-37,41-43,47-49,54,57-58H,3-10,14,17-18,20-22,26-27,30-32,34-35,38-40H2,1-2H3,(H,60,61)(H,62,63)(H2,51,52,59)/b13-11-,16-15-,19-12-,25-23+,28-24-,33-29-/t41?,42-,43-,47-,48-,49-/m1/s1. The molecule has 0 radical (unpaired) electrons. The monoisotopic (exact) mass is 1040 g/mol. The molecule has 402 valence electrons. The average Bonchev–Trinajstić information content (AvgIpc) is 3.60. The molecule has 0 saturated carbocycles. The summed E-state index contributed by atoms with van der Waals surface area (Å²) in [5.74, 6) is -1.46. The van der Waals surface area contributed by atoms with Crippen LogP contribution in [0.2, 0.25) is 0 Å². The number of unbranched alkanes of at least 4 members (excludes halogenated alkanes) is 12. The number of carbonyl (C=O) groups excluding carboxylic acids is 2. The first-order valence-corrected chi connectivity index (χ1v) is 28.0. The number of rotatable bonds is 40. The summed E-state index contributed by atoms with van der Waals surface area (Å²) >= 11 is 0. The van der Waals surface area contributed by atoms with Crippen LogP contribution in [0.15, 0.2) is 90.0 Å². The zero-order chi connectivity index (χ0) is 52.2. The Morgan fingerprint density at radius 1 is 0.746 bits per heavy atom. The molecule has 1 aliphatic rings. The second-order valence-electron chi connectivity index (χ2n) is 17.2. The van der Waals surface area contributed by atoms with Crippen molar-refractivity contribution in [3.63, 3.8) is 0 Å². The number of phosphoric ester groups is 2. The summed E-state index contributed by atoms with van der Waals surface area (Å²) < 4.78 is 56.6. The van der Waals surface area contributed by atoms with E-state index in [1.165, 1.54) is 44.6 Å². The lowest BCUT2D eigenvalue weighted by Crippen LogP contribution is -2.36. The predicted molar refractivity (Wildman–Crippen MR) is 271 cm³/mol. The second kappa shape index (κ2) is 37.8. The van der Waals surface area contributed by atoms with Crippen LogP contribution in [-0.4, -0.2) is 96.9 Å². The Morgan fingerprint density at radius 2 is 1.32 bits per heavy atom. The Morgan fingerprint density at radius 3 is 1.97 bits per heavy atom. The quantitative estimate of drug-likeness (QED) is 0.0117. The maximum absolute atomic E-state index is 12.8. The van der Waals surface area contributed by atoms with Crippen LogP contribution in [0.4, 0.5) is 5.82 Å². The van der Waals surface area contributed by atoms with E-state index in [2.05, 4.69) is 59.6 Å². The van der Waals surface area contributed by atoms with Crippen molar-refractivity contribution in [2.75, 3.05) is 25.6 Å². The Bertz CT molecular complexity index is 1990. The number of carbonyl (C=O) groups is 2. The molecular weight excluding hydrogens is 961 g/mol. The molecule has 0 amide bonds. The molecule has 19 nitrogen and oxygen atoms in total. The number of aromatic nitrogens is 2. The number of hydrogen-bond donors (Lipinski definition) is 6. The van der Waals surface area contributed by atoms with Gasteiger partial charge in [0.2, 0.25) is 0 Å². The van der Waals surface area contributed by atoms with Crippen molar-refractivity contribution < 1.29 is 71.4 Å². The van der Waals surface area contributed by atoms with E-state index in [1.807, 2.05) is 12.2 Å². The number of ether oxygens (including phenoxy) is 3. The van der Waals surface area contributed by atoms with Crippen molar-refractivity contribution in [3.05, 3.63) is 95.7 Å². The first-order chi connectivity index (χ1) is 34.1. The molecule has 2 rings (SSSR count). The second-order valence-corrected chi connectivity index (χ2v) is 20.2. The van der Waals surface area contributed by atoms with Gasteiger partial charge in [-0.3, -0.25) is 23.2 Å². The molecule has 71 heavy (non-hydrogen) atoms. The maximum atomic E-state index is 12.8. The summed E-state index contributed by atoms with van der Waals surface area (Å²) in [5, 5.41) is 31.1. The van der Waals surface area contributed by atoms with Gasteiger partial charge in [0.15, 0.2) is 12.3 Å². The van der Waals surface area contributed by atoms with Gasteiger partial charge in [0.25, 0.3) is 0 Å².